The van der Waals surface area contributed by atoms with Gasteiger partial charge in [-0.05, 0) is 58.5 Å². The molecule has 1 aromatic carbocycles. The zero-order chi connectivity index (χ0) is 17.7. The van der Waals surface area contributed by atoms with Crippen LogP contribution in [0.4, 0.5) is 5.69 Å². The van der Waals surface area contributed by atoms with Crippen LogP contribution < -0.4 is 15.8 Å². The summed E-state index contributed by atoms with van der Waals surface area (Å²) < 4.78 is 5.76. The van der Waals surface area contributed by atoms with Gasteiger partial charge in [-0.2, -0.15) is 0 Å². The second-order valence-electron chi connectivity index (χ2n) is 7.63. The number of rotatable bonds is 1. The van der Waals surface area contributed by atoms with Crippen LogP contribution in [0.25, 0.3) is 11.0 Å². The maximum absolute atomic E-state index is 12.4. The van der Waals surface area contributed by atoms with Crippen molar-refractivity contribution in [1.82, 2.24) is 10.2 Å². The van der Waals surface area contributed by atoms with Crippen LogP contribution in [0.3, 0.4) is 0 Å². The third-order valence-corrected chi connectivity index (χ3v) is 6.06. The topological polar surface area (TPSA) is 48.7 Å². The number of likely N-dealkylation sites (N-methyl/N-ethyl adjacent to an activating group) is 1. The number of piperazine rings is 1. The van der Waals surface area contributed by atoms with E-state index in [-0.39, 0.29) is 5.63 Å². The fraction of sp³-hybridized carbons (Fsp3) is 0.550. The minimum Gasteiger partial charge on any atom is -0.422 e. The summed E-state index contributed by atoms with van der Waals surface area (Å²) in [6.07, 6.45) is 0.888. The number of hydrogen-bond donors (Lipinski definition) is 1. The first-order valence-corrected chi connectivity index (χ1v) is 9.23. The summed E-state index contributed by atoms with van der Waals surface area (Å²) in [6.45, 7) is 10.1. The Hall–Kier alpha value is -1.85. The molecule has 4 rings (SSSR count). The molecule has 0 bridgehead atoms. The quantitative estimate of drug-likeness (QED) is 0.807. The highest BCUT2D eigenvalue weighted by Gasteiger charge is 2.28. The van der Waals surface area contributed by atoms with Gasteiger partial charge in [0.25, 0.3) is 0 Å². The zero-order valence-electron chi connectivity index (χ0n) is 15.6. The summed E-state index contributed by atoms with van der Waals surface area (Å²) in [6, 6.07) is 5.37. The Balaban J connectivity index is 1.82. The molecule has 1 aromatic heterocycles. The van der Waals surface area contributed by atoms with Crippen molar-refractivity contribution in [3.63, 3.8) is 0 Å². The van der Waals surface area contributed by atoms with Gasteiger partial charge in [-0.25, -0.2) is 4.79 Å². The molecule has 1 unspecified atom stereocenters. The van der Waals surface area contributed by atoms with Crippen LogP contribution in [0, 0.1) is 6.92 Å². The molecule has 1 fully saturated rings. The van der Waals surface area contributed by atoms with Crippen molar-refractivity contribution in [2.24, 2.45) is 0 Å². The summed E-state index contributed by atoms with van der Waals surface area (Å²) in [5.41, 5.74) is 4.82. The Morgan fingerprint density at radius 1 is 1.16 bits per heavy atom. The Morgan fingerprint density at radius 3 is 2.60 bits per heavy atom. The van der Waals surface area contributed by atoms with Crippen molar-refractivity contribution in [1.29, 1.82) is 0 Å². The molecule has 25 heavy (non-hydrogen) atoms. The zero-order valence-corrected chi connectivity index (χ0v) is 15.6. The van der Waals surface area contributed by atoms with E-state index >= 15 is 0 Å². The average molecular weight is 341 g/mol. The number of fused-ring (bicyclic) bond motifs is 3. The molecule has 2 aromatic rings. The van der Waals surface area contributed by atoms with Crippen molar-refractivity contribution >= 4 is 16.7 Å². The minimum absolute atomic E-state index is 0.185. The van der Waals surface area contributed by atoms with Crippen LogP contribution in [0.1, 0.15) is 30.5 Å². The fourth-order valence-corrected chi connectivity index (χ4v) is 4.33. The van der Waals surface area contributed by atoms with E-state index in [1.807, 2.05) is 0 Å². The summed E-state index contributed by atoms with van der Waals surface area (Å²) in [5, 5.41) is 4.37. The third-order valence-electron chi connectivity index (χ3n) is 6.06. The number of nitrogens with zero attached hydrogens (tertiary/aromatic N) is 2. The van der Waals surface area contributed by atoms with E-state index in [9.17, 15) is 4.79 Å². The van der Waals surface area contributed by atoms with Gasteiger partial charge in [-0.3, -0.25) is 4.90 Å². The fourth-order valence-electron chi connectivity index (χ4n) is 4.33. The maximum atomic E-state index is 12.4. The molecule has 5 nitrogen and oxygen atoms in total. The molecule has 0 amide bonds. The molecule has 2 aliphatic heterocycles. The predicted molar refractivity (Wildman–Crippen MR) is 102 cm³/mol. The van der Waals surface area contributed by atoms with Gasteiger partial charge in [-0.15, -0.1) is 0 Å². The number of benzene rings is 1. The van der Waals surface area contributed by atoms with Gasteiger partial charge in [0.15, 0.2) is 0 Å². The Labute approximate surface area is 148 Å². The predicted octanol–water partition coefficient (Wildman–Crippen LogP) is 2.28. The molecule has 0 saturated carbocycles. The second kappa shape index (κ2) is 6.15. The molecule has 0 radical (unpaired) electrons. The normalized spacial score (nSPS) is 24.6. The van der Waals surface area contributed by atoms with E-state index in [0.29, 0.717) is 18.6 Å². The van der Waals surface area contributed by atoms with Gasteiger partial charge in [0.1, 0.15) is 5.58 Å². The monoisotopic (exact) mass is 341 g/mol. The van der Waals surface area contributed by atoms with E-state index in [1.54, 1.807) is 0 Å². The molecular weight excluding hydrogens is 314 g/mol. The molecule has 0 spiro atoms. The molecule has 1 N–H and O–H groups in total. The van der Waals surface area contributed by atoms with E-state index in [2.05, 4.69) is 55.1 Å². The van der Waals surface area contributed by atoms with Gasteiger partial charge in [0.2, 0.25) is 0 Å². The van der Waals surface area contributed by atoms with Crippen LogP contribution in [-0.4, -0.2) is 43.7 Å². The van der Waals surface area contributed by atoms with E-state index in [1.165, 1.54) is 11.3 Å². The smallest absolute Gasteiger partial charge is 0.341 e. The van der Waals surface area contributed by atoms with Gasteiger partial charge in [0, 0.05) is 48.4 Å². The number of anilines is 1. The Morgan fingerprint density at radius 2 is 1.88 bits per heavy atom. The van der Waals surface area contributed by atoms with E-state index in [4.69, 9.17) is 4.42 Å². The first-order chi connectivity index (χ1) is 12.0. The van der Waals surface area contributed by atoms with Crippen LogP contribution >= 0.6 is 0 Å². The van der Waals surface area contributed by atoms with Crippen molar-refractivity contribution in [2.45, 2.75) is 45.8 Å². The van der Waals surface area contributed by atoms with Crippen LogP contribution in [0.2, 0.25) is 0 Å². The molecule has 5 heteroatoms. The lowest BCUT2D eigenvalue weighted by Crippen LogP contribution is -2.55. The van der Waals surface area contributed by atoms with Crippen molar-refractivity contribution < 1.29 is 4.42 Å². The van der Waals surface area contributed by atoms with Gasteiger partial charge in [-0.1, -0.05) is 0 Å². The Bertz CT molecular complexity index is 861. The number of hydrogen-bond acceptors (Lipinski definition) is 5. The van der Waals surface area contributed by atoms with Crippen molar-refractivity contribution in [3.8, 4) is 0 Å². The van der Waals surface area contributed by atoms with Crippen molar-refractivity contribution in [3.05, 3.63) is 39.2 Å². The molecular formula is C20H27N3O2. The first-order valence-electron chi connectivity index (χ1n) is 9.23. The molecule has 2 atom stereocenters. The lowest BCUT2D eigenvalue weighted by molar-refractivity contribution is 0.170. The second-order valence-corrected chi connectivity index (χ2v) is 7.63. The summed E-state index contributed by atoms with van der Waals surface area (Å²) in [4.78, 5) is 17.3. The SMILES string of the molecule is Cc1c(N2CC(C)N(C)[C@H](C)C2)ccc2c3c(c(=O)oc12)CNCC3. The highest BCUT2D eigenvalue weighted by atomic mass is 16.4. The number of nitrogens with one attached hydrogen (secondary N) is 1. The van der Waals surface area contributed by atoms with Crippen LogP contribution in [-0.2, 0) is 13.0 Å². The van der Waals surface area contributed by atoms with Crippen LogP contribution in [0.5, 0.6) is 0 Å². The molecule has 134 valence electrons. The summed E-state index contributed by atoms with van der Waals surface area (Å²) in [7, 11) is 2.19. The lowest BCUT2D eigenvalue weighted by Gasteiger charge is -2.44. The third kappa shape index (κ3) is 2.66. The van der Waals surface area contributed by atoms with Crippen LogP contribution in [0.15, 0.2) is 21.3 Å². The molecule has 2 aliphatic rings. The minimum atomic E-state index is -0.185. The van der Waals surface area contributed by atoms with Crippen molar-refractivity contribution in [2.75, 3.05) is 31.6 Å². The molecule has 0 aliphatic carbocycles. The standard InChI is InChI=1S/C20H27N3O2/c1-12-10-23(11-13(2)22(12)4)18-6-5-16-15-7-8-21-9-17(15)20(24)25-19(16)14(18)3/h5-6,12-13,21H,7-11H2,1-4H3/t12-,13?/m1/s1. The Kier molecular flexibility index (Phi) is 4.08. The largest absolute Gasteiger partial charge is 0.422 e. The molecule has 3 heterocycles. The lowest BCUT2D eigenvalue weighted by atomic mass is 9.96. The van der Waals surface area contributed by atoms with Gasteiger partial charge < -0.3 is 14.6 Å². The maximum Gasteiger partial charge on any atom is 0.341 e. The number of aryl methyl sites for hydroxylation is 1. The summed E-state index contributed by atoms with van der Waals surface area (Å²) >= 11 is 0. The molecule has 1 saturated heterocycles. The van der Waals surface area contributed by atoms with E-state index in [0.717, 1.165) is 48.2 Å². The van der Waals surface area contributed by atoms with Gasteiger partial charge in [0.05, 0.1) is 5.56 Å². The highest BCUT2D eigenvalue weighted by molar-refractivity contribution is 5.88. The average Bonchev–Trinajstić information content (AvgIpc) is 2.60. The van der Waals surface area contributed by atoms with E-state index < -0.39 is 0 Å². The first kappa shape index (κ1) is 16.6. The summed E-state index contributed by atoms with van der Waals surface area (Å²) in [5.74, 6) is 0. The van der Waals surface area contributed by atoms with Gasteiger partial charge >= 0.3 is 5.63 Å². The highest BCUT2D eigenvalue weighted by Crippen LogP contribution is 2.33.